The van der Waals surface area contributed by atoms with Crippen molar-refractivity contribution in [1.29, 1.82) is 0 Å². The molecule has 3 aromatic rings. The molecule has 1 aliphatic carbocycles. The number of hydrogen-bond donors (Lipinski definition) is 1. The van der Waals surface area contributed by atoms with Crippen LogP contribution in [0, 0.1) is 5.92 Å². The summed E-state index contributed by atoms with van der Waals surface area (Å²) in [6.45, 7) is 0.453. The van der Waals surface area contributed by atoms with Crippen LogP contribution in [0.5, 0.6) is 5.75 Å². The number of benzene rings is 2. The number of methoxy groups -OCH3 is 2. The first-order valence-corrected chi connectivity index (χ1v) is 15.1. The SMILES string of the molecule is COCCCC(=O)c1ccc(Nc2ncc(C(F)(F)F)c(C[C@@H]3Cc4ccccc4[C@H]3N(C)S(C)(=O)=O)n2)c(OC)c1. The Bertz CT molecular complexity index is 1550. The number of Topliss-reactive ketones (excluding diaryl/α,β-unsaturated/α-hetero) is 1. The van der Waals surface area contributed by atoms with Gasteiger partial charge in [0.1, 0.15) is 5.75 Å². The number of alkyl halides is 3. The summed E-state index contributed by atoms with van der Waals surface area (Å²) in [7, 11) is 0.761. The van der Waals surface area contributed by atoms with Crippen LogP contribution in [0.1, 0.15) is 51.6 Å². The van der Waals surface area contributed by atoms with Crippen LogP contribution in [0.3, 0.4) is 0 Å². The lowest BCUT2D eigenvalue weighted by Gasteiger charge is -2.29. The standard InChI is InChI=1S/C29H33F3N4O5S/c1-36(42(4,38)39)27-20(14-18-8-5-6-9-21(18)27)15-24-22(29(30,31)32)17-33-28(35-24)34-23-12-11-19(16-26(23)41-3)25(37)10-7-13-40-2/h5-6,8-9,11-12,16-17,20,27H,7,10,13-15H2,1-4H3,(H,33,34,35)/t20-,27-/m0/s1. The number of sulfonamides is 1. The van der Waals surface area contributed by atoms with Gasteiger partial charge >= 0.3 is 6.18 Å². The third-order valence-electron chi connectivity index (χ3n) is 7.37. The Balaban J connectivity index is 1.65. The molecule has 9 nitrogen and oxygen atoms in total. The molecular formula is C29H33F3N4O5S. The number of halogens is 3. The predicted octanol–water partition coefficient (Wildman–Crippen LogP) is 5.20. The minimum Gasteiger partial charge on any atom is -0.495 e. The number of anilines is 2. The van der Waals surface area contributed by atoms with Gasteiger partial charge in [-0.1, -0.05) is 24.3 Å². The number of fused-ring (bicyclic) bond motifs is 1. The van der Waals surface area contributed by atoms with Crippen LogP contribution in [-0.4, -0.2) is 62.6 Å². The fourth-order valence-corrected chi connectivity index (χ4v) is 5.97. The minimum atomic E-state index is -4.72. The number of nitrogens with zero attached hydrogens (tertiary/aromatic N) is 3. The first-order chi connectivity index (χ1) is 19.8. The Morgan fingerprint density at radius 2 is 1.90 bits per heavy atom. The number of ether oxygens (including phenoxy) is 2. The topological polar surface area (TPSA) is 111 Å². The number of carbonyl (C=O) groups is 1. The van der Waals surface area contributed by atoms with Gasteiger partial charge in [-0.2, -0.15) is 17.5 Å². The van der Waals surface area contributed by atoms with Crippen LogP contribution in [0.15, 0.2) is 48.7 Å². The average molecular weight is 607 g/mol. The second-order valence-electron chi connectivity index (χ2n) is 10.2. The Kier molecular flexibility index (Phi) is 9.53. The van der Waals surface area contributed by atoms with Gasteiger partial charge in [0, 0.05) is 38.9 Å². The molecule has 0 bridgehead atoms. The molecule has 0 aliphatic heterocycles. The molecule has 2 atom stereocenters. The van der Waals surface area contributed by atoms with E-state index >= 15 is 0 Å². The summed E-state index contributed by atoms with van der Waals surface area (Å²) >= 11 is 0. The Hall–Kier alpha value is -3.55. The number of hydrogen-bond acceptors (Lipinski definition) is 8. The van der Waals surface area contributed by atoms with Crippen molar-refractivity contribution < 1.29 is 35.9 Å². The van der Waals surface area contributed by atoms with E-state index in [2.05, 4.69) is 15.3 Å². The molecule has 226 valence electrons. The second-order valence-corrected chi connectivity index (χ2v) is 12.2. The maximum atomic E-state index is 14.1. The van der Waals surface area contributed by atoms with Gasteiger partial charge in [-0.3, -0.25) is 4.79 Å². The number of carbonyl (C=O) groups excluding carboxylic acids is 1. The van der Waals surface area contributed by atoms with Crippen LogP contribution >= 0.6 is 0 Å². The molecule has 0 fully saturated rings. The van der Waals surface area contributed by atoms with Gasteiger partial charge in [-0.25, -0.2) is 18.4 Å². The summed E-state index contributed by atoms with van der Waals surface area (Å²) in [4.78, 5) is 20.7. The Labute approximate surface area is 243 Å². The summed E-state index contributed by atoms with van der Waals surface area (Å²) in [5, 5.41) is 2.91. The van der Waals surface area contributed by atoms with E-state index in [0.717, 1.165) is 23.6 Å². The Morgan fingerprint density at radius 1 is 1.17 bits per heavy atom. The lowest BCUT2D eigenvalue weighted by atomic mass is 9.93. The summed E-state index contributed by atoms with van der Waals surface area (Å²) < 4.78 is 78.8. The smallest absolute Gasteiger partial charge is 0.419 e. The van der Waals surface area contributed by atoms with E-state index in [1.54, 1.807) is 37.4 Å². The third-order valence-corrected chi connectivity index (χ3v) is 8.64. The van der Waals surface area contributed by atoms with Gasteiger partial charge < -0.3 is 14.8 Å². The van der Waals surface area contributed by atoms with Crippen molar-refractivity contribution in [3.05, 3.63) is 76.6 Å². The number of nitrogens with one attached hydrogen (secondary N) is 1. The number of rotatable bonds is 12. The molecule has 1 heterocycles. The normalized spacial score (nSPS) is 16.9. The summed E-state index contributed by atoms with van der Waals surface area (Å²) in [5.41, 5.74) is 1.18. The highest BCUT2D eigenvalue weighted by atomic mass is 32.2. The van der Waals surface area contributed by atoms with Crippen molar-refractivity contribution in [3.63, 3.8) is 0 Å². The Morgan fingerprint density at radius 3 is 2.57 bits per heavy atom. The highest BCUT2D eigenvalue weighted by molar-refractivity contribution is 7.88. The molecule has 0 radical (unpaired) electrons. The molecular weight excluding hydrogens is 573 g/mol. The fourth-order valence-electron chi connectivity index (χ4n) is 5.27. The summed E-state index contributed by atoms with van der Waals surface area (Å²) in [6.07, 6.45) is -1.83. The highest BCUT2D eigenvalue weighted by Gasteiger charge is 2.41. The van der Waals surface area contributed by atoms with Crippen LogP contribution in [-0.2, 0) is 33.8 Å². The maximum Gasteiger partial charge on any atom is 0.419 e. The van der Waals surface area contributed by atoms with Gasteiger partial charge in [0.25, 0.3) is 0 Å². The first-order valence-electron chi connectivity index (χ1n) is 13.2. The molecule has 1 N–H and O–H groups in total. The lowest BCUT2D eigenvalue weighted by molar-refractivity contribution is -0.138. The molecule has 0 saturated heterocycles. The molecule has 0 spiro atoms. The zero-order valence-electron chi connectivity index (χ0n) is 23.7. The molecule has 0 unspecified atom stereocenters. The molecule has 42 heavy (non-hydrogen) atoms. The highest BCUT2D eigenvalue weighted by Crippen LogP contribution is 2.43. The molecule has 13 heteroatoms. The van der Waals surface area contributed by atoms with Crippen molar-refractivity contribution in [2.24, 2.45) is 5.92 Å². The average Bonchev–Trinajstić information content (AvgIpc) is 3.29. The van der Waals surface area contributed by atoms with E-state index in [9.17, 15) is 26.4 Å². The van der Waals surface area contributed by atoms with E-state index < -0.39 is 33.7 Å². The zero-order valence-corrected chi connectivity index (χ0v) is 24.6. The van der Waals surface area contributed by atoms with Crippen LogP contribution in [0.4, 0.5) is 24.8 Å². The fraction of sp³-hybridized carbons (Fsp3) is 0.414. The first kappa shape index (κ1) is 31.4. The van der Waals surface area contributed by atoms with E-state index in [4.69, 9.17) is 9.47 Å². The molecule has 0 saturated carbocycles. The van der Waals surface area contributed by atoms with Crippen molar-refractivity contribution >= 4 is 27.4 Å². The second kappa shape index (κ2) is 12.8. The zero-order chi connectivity index (χ0) is 30.7. The molecule has 2 aromatic carbocycles. The quantitative estimate of drug-likeness (QED) is 0.221. The van der Waals surface area contributed by atoms with Gasteiger partial charge in [0.05, 0.1) is 36.4 Å². The molecule has 0 amide bonds. The minimum absolute atomic E-state index is 0.0981. The van der Waals surface area contributed by atoms with Crippen LogP contribution < -0.4 is 10.1 Å². The van der Waals surface area contributed by atoms with E-state index in [-0.39, 0.29) is 30.3 Å². The van der Waals surface area contributed by atoms with E-state index in [1.807, 2.05) is 12.1 Å². The molecule has 4 rings (SSSR count). The van der Waals surface area contributed by atoms with Gasteiger partial charge in [0.15, 0.2) is 5.78 Å². The number of ketones is 1. The molecule has 1 aromatic heterocycles. The largest absolute Gasteiger partial charge is 0.495 e. The molecule has 1 aliphatic rings. The van der Waals surface area contributed by atoms with Crippen molar-refractivity contribution in [2.75, 3.05) is 39.4 Å². The van der Waals surface area contributed by atoms with Crippen LogP contribution in [0.2, 0.25) is 0 Å². The van der Waals surface area contributed by atoms with Gasteiger partial charge in [-0.05, 0) is 54.5 Å². The van der Waals surface area contributed by atoms with E-state index in [1.165, 1.54) is 18.5 Å². The maximum absolute atomic E-state index is 14.1. The van der Waals surface area contributed by atoms with Gasteiger partial charge in [-0.15, -0.1) is 0 Å². The van der Waals surface area contributed by atoms with E-state index in [0.29, 0.717) is 36.4 Å². The summed E-state index contributed by atoms with van der Waals surface area (Å²) in [5.74, 6) is -0.405. The van der Waals surface area contributed by atoms with Crippen molar-refractivity contribution in [1.82, 2.24) is 14.3 Å². The monoisotopic (exact) mass is 606 g/mol. The predicted molar refractivity (Wildman–Crippen MR) is 151 cm³/mol. The number of aromatic nitrogens is 2. The van der Waals surface area contributed by atoms with Crippen molar-refractivity contribution in [2.45, 2.75) is 37.9 Å². The van der Waals surface area contributed by atoms with Gasteiger partial charge in [0.2, 0.25) is 16.0 Å². The third kappa shape index (κ3) is 7.08. The van der Waals surface area contributed by atoms with Crippen molar-refractivity contribution in [3.8, 4) is 5.75 Å². The lowest BCUT2D eigenvalue weighted by Crippen LogP contribution is -2.34. The summed E-state index contributed by atoms with van der Waals surface area (Å²) in [6, 6.07) is 11.3. The van der Waals surface area contributed by atoms with Crippen LogP contribution in [0.25, 0.3) is 0 Å².